The molecule has 0 aliphatic heterocycles. The molecule has 1 atom stereocenters. The van der Waals surface area contributed by atoms with E-state index in [0.717, 1.165) is 31.4 Å². The van der Waals surface area contributed by atoms with Crippen LogP contribution in [0.2, 0.25) is 0 Å². The fourth-order valence-corrected chi connectivity index (χ4v) is 2.02. The van der Waals surface area contributed by atoms with Crippen LogP contribution in [0, 0.1) is 0 Å². The molecule has 0 aliphatic rings. The zero-order valence-electron chi connectivity index (χ0n) is 10.8. The average Bonchev–Trinajstić information content (AvgIpc) is 2.86. The van der Waals surface area contributed by atoms with Crippen molar-refractivity contribution in [3.05, 3.63) is 53.9 Å². The molecule has 0 saturated heterocycles. The fraction of sp³-hybridized carbons (Fsp3) is 0.400. The number of hydrogen-bond donors (Lipinski definition) is 1. The minimum absolute atomic E-state index is 0.421. The van der Waals surface area contributed by atoms with Gasteiger partial charge in [0.05, 0.1) is 12.3 Å². The highest BCUT2D eigenvalue weighted by molar-refractivity contribution is 5.16. The molecule has 2 aromatic rings. The van der Waals surface area contributed by atoms with Crippen molar-refractivity contribution in [2.24, 2.45) is 0 Å². The van der Waals surface area contributed by atoms with E-state index in [9.17, 15) is 5.11 Å². The second kappa shape index (κ2) is 6.36. The van der Waals surface area contributed by atoms with Gasteiger partial charge in [0.25, 0.3) is 0 Å². The third-order valence-electron chi connectivity index (χ3n) is 3.04. The molecule has 3 nitrogen and oxygen atoms in total. The summed E-state index contributed by atoms with van der Waals surface area (Å²) in [6.07, 6.45) is 5.98. The highest BCUT2D eigenvalue weighted by Crippen LogP contribution is 2.18. The number of nitrogens with zero attached hydrogens (tertiary/aromatic N) is 2. The molecule has 1 N–H and O–H groups in total. The minimum atomic E-state index is -0.421. The first-order chi connectivity index (χ1) is 8.79. The molecule has 1 aromatic carbocycles. The summed E-state index contributed by atoms with van der Waals surface area (Å²) in [5.74, 6) is 0. The van der Waals surface area contributed by atoms with Crippen molar-refractivity contribution in [3.8, 4) is 0 Å². The van der Waals surface area contributed by atoms with Gasteiger partial charge in [-0.05, 0) is 24.8 Å². The van der Waals surface area contributed by atoms with Crippen LogP contribution in [0.5, 0.6) is 0 Å². The van der Waals surface area contributed by atoms with Gasteiger partial charge in [-0.25, -0.2) is 0 Å². The molecular formula is C15H20N2O. The van der Waals surface area contributed by atoms with Gasteiger partial charge in [0.1, 0.15) is 0 Å². The van der Waals surface area contributed by atoms with E-state index in [4.69, 9.17) is 0 Å². The van der Waals surface area contributed by atoms with Gasteiger partial charge in [-0.2, -0.15) is 5.10 Å². The Kier molecular flexibility index (Phi) is 4.53. The largest absolute Gasteiger partial charge is 0.388 e. The molecule has 96 valence electrons. The molecule has 1 unspecified atom stereocenters. The monoisotopic (exact) mass is 244 g/mol. The predicted octanol–water partition coefficient (Wildman–Crippen LogP) is 2.96. The van der Waals surface area contributed by atoms with Crippen LogP contribution in [-0.2, 0) is 13.0 Å². The normalized spacial score (nSPS) is 12.6. The van der Waals surface area contributed by atoms with Gasteiger partial charge >= 0.3 is 0 Å². The van der Waals surface area contributed by atoms with Crippen LogP contribution < -0.4 is 0 Å². The van der Waals surface area contributed by atoms with Gasteiger partial charge in [-0.3, -0.25) is 4.68 Å². The summed E-state index contributed by atoms with van der Waals surface area (Å²) in [4.78, 5) is 0. The molecule has 1 aromatic heterocycles. The Bertz CT molecular complexity index is 464. The second-order valence-corrected chi connectivity index (χ2v) is 4.58. The maximum absolute atomic E-state index is 10.1. The van der Waals surface area contributed by atoms with Crippen molar-refractivity contribution in [1.29, 1.82) is 0 Å². The van der Waals surface area contributed by atoms with Crippen molar-refractivity contribution in [1.82, 2.24) is 9.78 Å². The molecule has 18 heavy (non-hydrogen) atoms. The van der Waals surface area contributed by atoms with Crippen molar-refractivity contribution in [3.63, 3.8) is 0 Å². The minimum Gasteiger partial charge on any atom is -0.388 e. The Labute approximate surface area is 108 Å². The van der Waals surface area contributed by atoms with E-state index in [1.54, 1.807) is 6.20 Å². The Morgan fingerprint density at radius 2 is 2.06 bits per heavy atom. The number of benzene rings is 1. The van der Waals surface area contributed by atoms with E-state index in [0.29, 0.717) is 0 Å². The van der Waals surface area contributed by atoms with Crippen LogP contribution in [0.4, 0.5) is 0 Å². The standard InChI is InChI=1S/C15H20N2O/c1-2-10-17-12-14(11-16-17)15(18)9-8-13-6-4-3-5-7-13/h3-7,11-12,15,18H,2,8-10H2,1H3. The van der Waals surface area contributed by atoms with Gasteiger partial charge in [0.2, 0.25) is 0 Å². The second-order valence-electron chi connectivity index (χ2n) is 4.58. The van der Waals surface area contributed by atoms with Gasteiger partial charge < -0.3 is 5.11 Å². The van der Waals surface area contributed by atoms with Crippen LogP contribution in [0.15, 0.2) is 42.7 Å². The average molecular weight is 244 g/mol. The van der Waals surface area contributed by atoms with Crippen LogP contribution in [0.25, 0.3) is 0 Å². The first-order valence-electron chi connectivity index (χ1n) is 6.54. The number of aliphatic hydroxyl groups excluding tert-OH is 1. The van der Waals surface area contributed by atoms with E-state index in [1.165, 1.54) is 5.56 Å². The van der Waals surface area contributed by atoms with Crippen LogP contribution in [0.1, 0.15) is 37.0 Å². The number of rotatable bonds is 6. The lowest BCUT2D eigenvalue weighted by Crippen LogP contribution is -1.99. The van der Waals surface area contributed by atoms with E-state index in [1.807, 2.05) is 29.1 Å². The number of hydrogen-bond acceptors (Lipinski definition) is 2. The summed E-state index contributed by atoms with van der Waals surface area (Å²) in [7, 11) is 0. The molecule has 1 heterocycles. The third-order valence-corrected chi connectivity index (χ3v) is 3.04. The van der Waals surface area contributed by atoms with E-state index in [2.05, 4.69) is 24.2 Å². The van der Waals surface area contributed by atoms with E-state index < -0.39 is 6.10 Å². The molecule has 0 fully saturated rings. The van der Waals surface area contributed by atoms with Gasteiger partial charge in [0, 0.05) is 18.3 Å². The molecule has 0 aliphatic carbocycles. The van der Waals surface area contributed by atoms with Gasteiger partial charge in [-0.1, -0.05) is 37.3 Å². The van der Waals surface area contributed by atoms with Crippen molar-refractivity contribution < 1.29 is 5.11 Å². The maximum Gasteiger partial charge on any atom is 0.0823 e. The van der Waals surface area contributed by atoms with E-state index >= 15 is 0 Å². The topological polar surface area (TPSA) is 38.0 Å². The summed E-state index contributed by atoms with van der Waals surface area (Å²) in [6, 6.07) is 10.2. The molecule has 0 bridgehead atoms. The van der Waals surface area contributed by atoms with Crippen LogP contribution >= 0.6 is 0 Å². The molecule has 2 rings (SSSR count). The number of aliphatic hydroxyl groups is 1. The number of aromatic nitrogens is 2. The van der Waals surface area contributed by atoms with Crippen molar-refractivity contribution in [2.75, 3.05) is 0 Å². The first kappa shape index (κ1) is 12.8. The maximum atomic E-state index is 10.1. The molecular weight excluding hydrogens is 224 g/mol. The molecule has 0 amide bonds. The Balaban J connectivity index is 1.89. The summed E-state index contributed by atoms with van der Waals surface area (Å²) >= 11 is 0. The third kappa shape index (κ3) is 3.44. The lowest BCUT2D eigenvalue weighted by atomic mass is 10.0. The SMILES string of the molecule is CCCn1cc(C(O)CCc2ccccc2)cn1. The van der Waals surface area contributed by atoms with Crippen LogP contribution in [0.3, 0.4) is 0 Å². The van der Waals surface area contributed by atoms with Crippen LogP contribution in [-0.4, -0.2) is 14.9 Å². The summed E-state index contributed by atoms with van der Waals surface area (Å²) in [6.45, 7) is 3.03. The molecule has 0 saturated carbocycles. The zero-order chi connectivity index (χ0) is 12.8. The lowest BCUT2D eigenvalue weighted by Gasteiger charge is -2.08. The lowest BCUT2D eigenvalue weighted by molar-refractivity contribution is 0.167. The Hall–Kier alpha value is -1.61. The quantitative estimate of drug-likeness (QED) is 0.848. The van der Waals surface area contributed by atoms with Crippen molar-refractivity contribution >= 4 is 0 Å². The summed E-state index contributed by atoms with van der Waals surface area (Å²) in [5, 5.41) is 14.3. The highest BCUT2D eigenvalue weighted by atomic mass is 16.3. The van der Waals surface area contributed by atoms with Gasteiger partial charge in [0.15, 0.2) is 0 Å². The molecule has 3 heteroatoms. The Morgan fingerprint density at radius 1 is 1.28 bits per heavy atom. The highest BCUT2D eigenvalue weighted by Gasteiger charge is 2.10. The smallest absolute Gasteiger partial charge is 0.0823 e. The first-order valence-corrected chi connectivity index (χ1v) is 6.54. The summed E-state index contributed by atoms with van der Waals surface area (Å²) < 4.78 is 1.89. The predicted molar refractivity (Wildman–Crippen MR) is 72.2 cm³/mol. The molecule has 0 radical (unpaired) electrons. The Morgan fingerprint density at radius 3 is 2.78 bits per heavy atom. The van der Waals surface area contributed by atoms with Crippen molar-refractivity contribution in [2.45, 2.75) is 38.8 Å². The summed E-state index contributed by atoms with van der Waals surface area (Å²) in [5.41, 5.74) is 2.18. The van der Waals surface area contributed by atoms with Gasteiger partial charge in [-0.15, -0.1) is 0 Å². The van der Waals surface area contributed by atoms with E-state index in [-0.39, 0.29) is 0 Å². The fourth-order valence-electron chi connectivity index (χ4n) is 2.02. The number of aryl methyl sites for hydroxylation is 2. The molecule has 0 spiro atoms. The zero-order valence-corrected chi connectivity index (χ0v) is 10.8.